The van der Waals surface area contributed by atoms with Crippen molar-refractivity contribution in [1.82, 2.24) is 5.32 Å². The van der Waals surface area contributed by atoms with Gasteiger partial charge in [0.1, 0.15) is 6.67 Å². The standard InChI is InChI=1S/C7H12N2/c1-6(2)7-3-4-8-5-9-7/h3-4,6,8H,5H2,1-2H3. The maximum atomic E-state index is 4.25. The predicted molar refractivity (Wildman–Crippen MR) is 39.4 cm³/mol. The number of nitrogens with zero attached hydrogens (tertiary/aromatic N) is 1. The van der Waals surface area contributed by atoms with Crippen LogP contribution in [-0.2, 0) is 0 Å². The Kier molecular flexibility index (Phi) is 1.88. The van der Waals surface area contributed by atoms with Crippen molar-refractivity contribution in [2.75, 3.05) is 6.67 Å². The molecule has 1 rings (SSSR count). The van der Waals surface area contributed by atoms with E-state index in [2.05, 4.69) is 24.2 Å². The van der Waals surface area contributed by atoms with Gasteiger partial charge in [-0.1, -0.05) is 13.8 Å². The molecule has 0 aromatic carbocycles. The number of hydrogen-bond acceptors (Lipinski definition) is 2. The Morgan fingerprint density at radius 2 is 2.44 bits per heavy atom. The van der Waals surface area contributed by atoms with E-state index in [9.17, 15) is 0 Å². The lowest BCUT2D eigenvalue weighted by Crippen LogP contribution is -2.16. The zero-order chi connectivity index (χ0) is 6.69. The fourth-order valence-corrected chi connectivity index (χ4v) is 0.762. The van der Waals surface area contributed by atoms with Gasteiger partial charge in [-0.05, 0) is 18.2 Å². The SMILES string of the molecule is CC(C)C1=NCNC=C1. The average Bonchev–Trinajstić information content (AvgIpc) is 1.90. The van der Waals surface area contributed by atoms with E-state index in [1.807, 2.05) is 12.3 Å². The van der Waals surface area contributed by atoms with E-state index in [0.29, 0.717) is 5.92 Å². The molecule has 0 fully saturated rings. The molecule has 9 heavy (non-hydrogen) atoms. The minimum atomic E-state index is 0.559. The summed E-state index contributed by atoms with van der Waals surface area (Å²) in [6.45, 7) is 5.03. The monoisotopic (exact) mass is 124 g/mol. The van der Waals surface area contributed by atoms with Crippen molar-refractivity contribution in [2.45, 2.75) is 13.8 Å². The Hall–Kier alpha value is -0.790. The topological polar surface area (TPSA) is 24.4 Å². The normalized spacial score (nSPS) is 17.4. The molecule has 0 bridgehead atoms. The molecule has 0 saturated carbocycles. The summed E-state index contributed by atoms with van der Waals surface area (Å²) in [4.78, 5) is 4.25. The minimum Gasteiger partial charge on any atom is -0.372 e. The molecule has 1 heterocycles. The van der Waals surface area contributed by atoms with Gasteiger partial charge >= 0.3 is 0 Å². The lowest BCUT2D eigenvalue weighted by Gasteiger charge is -2.09. The van der Waals surface area contributed by atoms with Gasteiger partial charge < -0.3 is 5.32 Å². The van der Waals surface area contributed by atoms with Crippen LogP contribution in [0.1, 0.15) is 13.8 Å². The minimum absolute atomic E-state index is 0.559. The Bertz CT molecular complexity index is 145. The molecule has 0 spiro atoms. The molecular formula is C7H12N2. The maximum Gasteiger partial charge on any atom is 0.107 e. The van der Waals surface area contributed by atoms with Gasteiger partial charge in [0.25, 0.3) is 0 Å². The molecule has 0 aromatic rings. The van der Waals surface area contributed by atoms with Crippen molar-refractivity contribution in [2.24, 2.45) is 10.9 Å². The van der Waals surface area contributed by atoms with Gasteiger partial charge in [-0.15, -0.1) is 0 Å². The Balaban J connectivity index is 2.58. The van der Waals surface area contributed by atoms with E-state index in [1.54, 1.807) is 0 Å². The van der Waals surface area contributed by atoms with Gasteiger partial charge in [-0.3, -0.25) is 4.99 Å². The third-order valence-electron chi connectivity index (χ3n) is 1.32. The highest BCUT2D eigenvalue weighted by atomic mass is 15.0. The van der Waals surface area contributed by atoms with Crippen LogP contribution in [0.3, 0.4) is 0 Å². The second kappa shape index (κ2) is 2.67. The average molecular weight is 124 g/mol. The molecule has 0 unspecified atom stereocenters. The summed E-state index contributed by atoms with van der Waals surface area (Å²) in [5.41, 5.74) is 1.19. The van der Waals surface area contributed by atoms with Crippen molar-refractivity contribution in [1.29, 1.82) is 0 Å². The third-order valence-corrected chi connectivity index (χ3v) is 1.32. The molecule has 50 valence electrons. The van der Waals surface area contributed by atoms with Crippen molar-refractivity contribution >= 4 is 5.71 Å². The van der Waals surface area contributed by atoms with Crippen LogP contribution in [0.4, 0.5) is 0 Å². The third kappa shape index (κ3) is 1.56. The first-order chi connectivity index (χ1) is 4.30. The van der Waals surface area contributed by atoms with Gasteiger partial charge in [0.2, 0.25) is 0 Å². The van der Waals surface area contributed by atoms with Gasteiger partial charge in [-0.25, -0.2) is 0 Å². The highest BCUT2D eigenvalue weighted by Gasteiger charge is 2.01. The van der Waals surface area contributed by atoms with Crippen LogP contribution in [0.5, 0.6) is 0 Å². The smallest absolute Gasteiger partial charge is 0.107 e. The van der Waals surface area contributed by atoms with Crippen LogP contribution >= 0.6 is 0 Å². The van der Waals surface area contributed by atoms with Crippen LogP contribution < -0.4 is 5.32 Å². The van der Waals surface area contributed by atoms with Crippen LogP contribution in [0.25, 0.3) is 0 Å². The van der Waals surface area contributed by atoms with E-state index >= 15 is 0 Å². The maximum absolute atomic E-state index is 4.25. The fraction of sp³-hybridized carbons (Fsp3) is 0.571. The number of rotatable bonds is 1. The quantitative estimate of drug-likeness (QED) is 0.557. The van der Waals surface area contributed by atoms with Crippen molar-refractivity contribution < 1.29 is 0 Å². The summed E-state index contributed by atoms with van der Waals surface area (Å²) < 4.78 is 0. The van der Waals surface area contributed by atoms with Gasteiger partial charge in [0.15, 0.2) is 0 Å². The molecule has 0 radical (unpaired) electrons. The molecule has 0 atom stereocenters. The van der Waals surface area contributed by atoms with Gasteiger partial charge in [0, 0.05) is 5.71 Å². The van der Waals surface area contributed by atoms with Crippen molar-refractivity contribution in [3.8, 4) is 0 Å². The van der Waals surface area contributed by atoms with Crippen molar-refractivity contribution in [3.63, 3.8) is 0 Å². The molecule has 0 saturated heterocycles. The van der Waals surface area contributed by atoms with Crippen LogP contribution in [0.15, 0.2) is 17.3 Å². The molecule has 0 aliphatic carbocycles. The highest BCUT2D eigenvalue weighted by molar-refractivity contribution is 5.96. The van der Waals surface area contributed by atoms with E-state index in [0.717, 1.165) is 6.67 Å². The van der Waals surface area contributed by atoms with E-state index in [4.69, 9.17) is 0 Å². The molecule has 0 aromatic heterocycles. The lowest BCUT2D eigenvalue weighted by molar-refractivity contribution is 0.819. The van der Waals surface area contributed by atoms with Crippen LogP contribution in [0.2, 0.25) is 0 Å². The van der Waals surface area contributed by atoms with E-state index < -0.39 is 0 Å². The first-order valence-electron chi connectivity index (χ1n) is 3.25. The molecule has 1 aliphatic heterocycles. The summed E-state index contributed by atoms with van der Waals surface area (Å²) in [6, 6.07) is 0. The molecular weight excluding hydrogens is 112 g/mol. The van der Waals surface area contributed by atoms with Gasteiger partial charge in [0.05, 0.1) is 0 Å². The fourth-order valence-electron chi connectivity index (χ4n) is 0.762. The van der Waals surface area contributed by atoms with E-state index in [-0.39, 0.29) is 0 Å². The number of hydrogen-bond donors (Lipinski definition) is 1. The van der Waals surface area contributed by atoms with Crippen LogP contribution in [0, 0.1) is 5.92 Å². The molecule has 2 heteroatoms. The number of nitrogens with one attached hydrogen (secondary N) is 1. The molecule has 0 amide bonds. The molecule has 1 aliphatic rings. The molecule has 1 N–H and O–H groups in total. The summed E-state index contributed by atoms with van der Waals surface area (Å²) in [5.74, 6) is 0.559. The van der Waals surface area contributed by atoms with Crippen LogP contribution in [-0.4, -0.2) is 12.4 Å². The summed E-state index contributed by atoms with van der Waals surface area (Å²) in [5, 5.41) is 3.00. The first-order valence-corrected chi connectivity index (χ1v) is 3.25. The predicted octanol–water partition coefficient (Wildman–Crippen LogP) is 1.16. The summed E-state index contributed by atoms with van der Waals surface area (Å²) >= 11 is 0. The summed E-state index contributed by atoms with van der Waals surface area (Å²) in [6.07, 6.45) is 3.97. The Morgan fingerprint density at radius 1 is 1.67 bits per heavy atom. The number of aliphatic imine (C=N–C) groups is 1. The van der Waals surface area contributed by atoms with E-state index in [1.165, 1.54) is 5.71 Å². The second-order valence-corrected chi connectivity index (χ2v) is 2.43. The zero-order valence-corrected chi connectivity index (χ0v) is 5.89. The van der Waals surface area contributed by atoms with Crippen molar-refractivity contribution in [3.05, 3.63) is 12.3 Å². The largest absolute Gasteiger partial charge is 0.372 e. The Labute approximate surface area is 55.7 Å². The summed E-state index contributed by atoms with van der Waals surface area (Å²) in [7, 11) is 0. The molecule has 2 nitrogen and oxygen atoms in total. The van der Waals surface area contributed by atoms with Gasteiger partial charge in [-0.2, -0.15) is 0 Å². The zero-order valence-electron chi connectivity index (χ0n) is 5.89. The first kappa shape index (κ1) is 6.33. The Morgan fingerprint density at radius 3 is 2.78 bits per heavy atom. The number of allylic oxidation sites excluding steroid dienone is 1. The highest BCUT2D eigenvalue weighted by Crippen LogP contribution is 2.00. The lowest BCUT2D eigenvalue weighted by atomic mass is 10.1. The second-order valence-electron chi connectivity index (χ2n) is 2.43.